The van der Waals surface area contributed by atoms with Crippen molar-refractivity contribution in [1.29, 1.82) is 0 Å². The standard InChI is InChI=1S/C12H11BrN2O3/c13-8-3-4-10(12(14)15-16)11(6-8)18-7-9-2-1-5-17-9/h1-6,16H,7H2,(H2,14,15). The second kappa shape index (κ2) is 5.59. The molecule has 1 heterocycles. The minimum atomic E-state index is -0.00283. The molecule has 0 aliphatic heterocycles. The van der Waals surface area contributed by atoms with Crippen LogP contribution in [0, 0.1) is 0 Å². The molecule has 5 nitrogen and oxygen atoms in total. The van der Waals surface area contributed by atoms with Gasteiger partial charge >= 0.3 is 0 Å². The Balaban J connectivity index is 2.22. The van der Waals surface area contributed by atoms with Gasteiger partial charge in [-0.1, -0.05) is 21.1 Å². The molecule has 2 rings (SSSR count). The molecule has 0 aliphatic rings. The average Bonchev–Trinajstić information content (AvgIpc) is 2.88. The molecule has 2 aromatic rings. The Morgan fingerprint density at radius 2 is 2.28 bits per heavy atom. The molecule has 18 heavy (non-hydrogen) atoms. The third-order valence-electron chi connectivity index (χ3n) is 2.28. The van der Waals surface area contributed by atoms with Crippen molar-refractivity contribution in [2.24, 2.45) is 10.9 Å². The number of hydrogen-bond acceptors (Lipinski definition) is 4. The van der Waals surface area contributed by atoms with Crippen LogP contribution in [0.3, 0.4) is 0 Å². The number of benzene rings is 1. The summed E-state index contributed by atoms with van der Waals surface area (Å²) in [5.74, 6) is 1.20. The third-order valence-corrected chi connectivity index (χ3v) is 2.77. The maximum Gasteiger partial charge on any atom is 0.173 e. The Morgan fingerprint density at radius 1 is 1.44 bits per heavy atom. The van der Waals surface area contributed by atoms with E-state index >= 15 is 0 Å². The van der Waals surface area contributed by atoms with Crippen LogP contribution in [0.2, 0.25) is 0 Å². The van der Waals surface area contributed by atoms with Crippen LogP contribution < -0.4 is 10.5 Å². The van der Waals surface area contributed by atoms with E-state index < -0.39 is 0 Å². The van der Waals surface area contributed by atoms with Gasteiger partial charge in [0.1, 0.15) is 18.1 Å². The monoisotopic (exact) mass is 310 g/mol. The largest absolute Gasteiger partial charge is 0.485 e. The number of nitrogens with zero attached hydrogens (tertiary/aromatic N) is 1. The molecule has 3 N–H and O–H groups in total. The summed E-state index contributed by atoms with van der Waals surface area (Å²) in [5.41, 5.74) is 6.10. The number of rotatable bonds is 4. The molecule has 6 heteroatoms. The third kappa shape index (κ3) is 2.84. The summed E-state index contributed by atoms with van der Waals surface area (Å²) in [5, 5.41) is 11.7. The van der Waals surface area contributed by atoms with Crippen molar-refractivity contribution in [2.75, 3.05) is 0 Å². The summed E-state index contributed by atoms with van der Waals surface area (Å²) in [6, 6.07) is 8.82. The number of hydrogen-bond donors (Lipinski definition) is 2. The maximum absolute atomic E-state index is 8.71. The summed E-state index contributed by atoms with van der Waals surface area (Å²) < 4.78 is 11.6. The van der Waals surface area contributed by atoms with E-state index in [2.05, 4.69) is 21.1 Å². The lowest BCUT2D eigenvalue weighted by atomic mass is 10.2. The molecule has 0 saturated heterocycles. The van der Waals surface area contributed by atoms with E-state index in [1.165, 1.54) is 0 Å². The molecule has 0 unspecified atom stereocenters. The van der Waals surface area contributed by atoms with Gasteiger partial charge in [0.15, 0.2) is 5.84 Å². The van der Waals surface area contributed by atoms with Crippen molar-refractivity contribution in [3.8, 4) is 5.75 Å². The van der Waals surface area contributed by atoms with Crippen LogP contribution in [-0.4, -0.2) is 11.0 Å². The van der Waals surface area contributed by atoms with E-state index in [1.54, 1.807) is 36.6 Å². The molecule has 1 aromatic heterocycles. The van der Waals surface area contributed by atoms with Gasteiger partial charge < -0.3 is 20.1 Å². The first kappa shape index (κ1) is 12.5. The molecular formula is C12H11BrN2O3. The molecule has 0 atom stereocenters. The molecule has 0 amide bonds. The van der Waals surface area contributed by atoms with E-state index in [0.717, 1.165) is 4.47 Å². The van der Waals surface area contributed by atoms with Crippen LogP contribution in [0.5, 0.6) is 5.75 Å². The summed E-state index contributed by atoms with van der Waals surface area (Å²) in [6.07, 6.45) is 1.57. The lowest BCUT2D eigenvalue weighted by Gasteiger charge is -2.10. The second-order valence-corrected chi connectivity index (χ2v) is 4.41. The van der Waals surface area contributed by atoms with Gasteiger partial charge in [0.05, 0.1) is 11.8 Å². The van der Waals surface area contributed by atoms with Crippen molar-refractivity contribution < 1.29 is 14.4 Å². The highest BCUT2D eigenvalue weighted by Crippen LogP contribution is 2.24. The maximum atomic E-state index is 8.71. The van der Waals surface area contributed by atoms with Crippen molar-refractivity contribution in [1.82, 2.24) is 0 Å². The SMILES string of the molecule is N/C(=N/O)c1ccc(Br)cc1OCc1ccco1. The first-order valence-electron chi connectivity index (χ1n) is 5.13. The average molecular weight is 311 g/mol. The molecule has 0 fully saturated rings. The fourth-order valence-electron chi connectivity index (χ4n) is 1.42. The number of ether oxygens (including phenoxy) is 1. The molecule has 0 bridgehead atoms. The quantitative estimate of drug-likeness (QED) is 0.394. The van der Waals surface area contributed by atoms with Crippen LogP contribution in [0.25, 0.3) is 0 Å². The molecule has 0 spiro atoms. The van der Waals surface area contributed by atoms with Gasteiger partial charge in [0.25, 0.3) is 0 Å². The van der Waals surface area contributed by atoms with Crippen molar-refractivity contribution in [3.05, 3.63) is 52.4 Å². The Bertz CT molecular complexity index is 552. The lowest BCUT2D eigenvalue weighted by Crippen LogP contribution is -2.14. The first-order chi connectivity index (χ1) is 8.70. The molecule has 1 aromatic carbocycles. The second-order valence-electron chi connectivity index (χ2n) is 3.49. The highest BCUT2D eigenvalue weighted by Gasteiger charge is 2.09. The Kier molecular flexibility index (Phi) is 3.88. The Labute approximate surface area is 112 Å². The van der Waals surface area contributed by atoms with Crippen LogP contribution in [-0.2, 0) is 6.61 Å². The van der Waals surface area contributed by atoms with Gasteiger partial charge in [0, 0.05) is 4.47 Å². The Hall–Kier alpha value is -1.95. The minimum absolute atomic E-state index is 0.00283. The Morgan fingerprint density at radius 3 is 2.94 bits per heavy atom. The van der Waals surface area contributed by atoms with Crippen LogP contribution in [0.1, 0.15) is 11.3 Å². The highest BCUT2D eigenvalue weighted by molar-refractivity contribution is 9.10. The van der Waals surface area contributed by atoms with E-state index in [-0.39, 0.29) is 12.4 Å². The summed E-state index contributed by atoms with van der Waals surface area (Å²) >= 11 is 3.34. The van der Waals surface area contributed by atoms with Gasteiger partial charge in [-0.2, -0.15) is 0 Å². The van der Waals surface area contributed by atoms with Crippen molar-refractivity contribution in [2.45, 2.75) is 6.61 Å². The van der Waals surface area contributed by atoms with Crippen LogP contribution in [0.15, 0.2) is 50.6 Å². The van der Waals surface area contributed by atoms with E-state index in [4.69, 9.17) is 20.1 Å². The topological polar surface area (TPSA) is 81.0 Å². The summed E-state index contributed by atoms with van der Waals surface area (Å²) in [4.78, 5) is 0. The number of oxime groups is 1. The number of amidine groups is 1. The fourth-order valence-corrected chi connectivity index (χ4v) is 1.76. The van der Waals surface area contributed by atoms with Gasteiger partial charge in [0.2, 0.25) is 0 Å². The summed E-state index contributed by atoms with van der Waals surface area (Å²) in [6.45, 7) is 0.273. The van der Waals surface area contributed by atoms with Crippen LogP contribution >= 0.6 is 15.9 Å². The normalized spacial score (nSPS) is 11.5. The predicted octanol–water partition coefficient (Wildman–Crippen LogP) is 2.72. The smallest absolute Gasteiger partial charge is 0.173 e. The van der Waals surface area contributed by atoms with Gasteiger partial charge in [-0.3, -0.25) is 0 Å². The lowest BCUT2D eigenvalue weighted by molar-refractivity contribution is 0.269. The molecule has 0 aliphatic carbocycles. The van der Waals surface area contributed by atoms with Crippen LogP contribution in [0.4, 0.5) is 0 Å². The fraction of sp³-hybridized carbons (Fsp3) is 0.0833. The highest BCUT2D eigenvalue weighted by atomic mass is 79.9. The van der Waals surface area contributed by atoms with Gasteiger partial charge in [-0.25, -0.2) is 0 Å². The predicted molar refractivity (Wildman–Crippen MR) is 69.7 cm³/mol. The van der Waals surface area contributed by atoms with E-state index in [0.29, 0.717) is 17.1 Å². The number of nitrogens with two attached hydrogens (primary N) is 1. The van der Waals surface area contributed by atoms with E-state index in [9.17, 15) is 0 Å². The van der Waals surface area contributed by atoms with Crippen molar-refractivity contribution in [3.63, 3.8) is 0 Å². The molecule has 0 radical (unpaired) electrons. The van der Waals surface area contributed by atoms with Gasteiger partial charge in [-0.05, 0) is 30.3 Å². The van der Waals surface area contributed by atoms with E-state index in [1.807, 2.05) is 0 Å². The number of halogens is 1. The zero-order valence-corrected chi connectivity index (χ0v) is 10.9. The zero-order valence-electron chi connectivity index (χ0n) is 9.34. The molecule has 0 saturated carbocycles. The first-order valence-corrected chi connectivity index (χ1v) is 5.92. The van der Waals surface area contributed by atoms with Gasteiger partial charge in [-0.15, -0.1) is 0 Å². The number of furan rings is 1. The molecular weight excluding hydrogens is 300 g/mol. The van der Waals surface area contributed by atoms with Crippen molar-refractivity contribution >= 4 is 21.8 Å². The summed E-state index contributed by atoms with van der Waals surface area (Å²) in [7, 11) is 0. The zero-order chi connectivity index (χ0) is 13.0. The minimum Gasteiger partial charge on any atom is -0.485 e. The molecule has 94 valence electrons.